The Morgan fingerprint density at radius 3 is 1.76 bits per heavy atom. The van der Waals surface area contributed by atoms with E-state index in [9.17, 15) is 14.4 Å². The molecule has 0 N–H and O–H groups in total. The minimum Gasteiger partial charge on any atom is -0.494 e. The molecule has 0 bridgehead atoms. The third-order valence-electron chi connectivity index (χ3n) is 8.74. The summed E-state index contributed by atoms with van der Waals surface area (Å²) in [6.45, 7) is 8.72. The number of unbranched alkanes of at least 4 members (excludes halogenated alkanes) is 6. The molecule has 0 spiro atoms. The smallest absolute Gasteiger partial charge is 0.347 e. The summed E-state index contributed by atoms with van der Waals surface area (Å²) < 4.78 is 22.1. The van der Waals surface area contributed by atoms with Crippen LogP contribution in [-0.2, 0) is 14.3 Å². The summed E-state index contributed by atoms with van der Waals surface area (Å²) >= 11 is 6.52. The first-order chi connectivity index (χ1) is 24.7. The van der Waals surface area contributed by atoms with Crippen LogP contribution in [0.25, 0.3) is 22.3 Å². The van der Waals surface area contributed by atoms with Crippen molar-refractivity contribution in [3.05, 3.63) is 107 Å². The van der Waals surface area contributed by atoms with Crippen molar-refractivity contribution in [2.45, 2.75) is 85.2 Å². The second kappa shape index (κ2) is 20.3. The molecule has 0 aliphatic carbocycles. The molecule has 0 aliphatic heterocycles. The first-order valence-electron chi connectivity index (χ1n) is 18.0. The van der Waals surface area contributed by atoms with E-state index < -0.39 is 24.0 Å². The Balaban J connectivity index is 1.26. The summed E-state index contributed by atoms with van der Waals surface area (Å²) in [5.74, 6) is -0.403. The third kappa shape index (κ3) is 12.3. The van der Waals surface area contributed by atoms with Gasteiger partial charge in [-0.25, -0.2) is 14.4 Å². The van der Waals surface area contributed by atoms with Crippen LogP contribution in [0.2, 0.25) is 5.02 Å². The molecule has 0 amide bonds. The van der Waals surface area contributed by atoms with Crippen LogP contribution in [0, 0.1) is 5.92 Å². The monoisotopic (exact) mass is 712 g/mol. The maximum Gasteiger partial charge on any atom is 0.347 e. The standard InChI is InChI=1S/C43H49ClO7/c1-5-7-8-9-10-11-12-27-48-38-24-21-33(22-25-38)32-13-17-36(18-14-32)43(47)51-40-26-23-37(28-39(40)44)34-15-19-35(20-16-34)42(46)50-31(4)41(45)49-29-30(3)6-2/h13-26,28,30-31H,5-12,27,29H2,1-4H3. The molecule has 0 saturated heterocycles. The highest BCUT2D eigenvalue weighted by Gasteiger charge is 2.21. The molecule has 0 aliphatic rings. The summed E-state index contributed by atoms with van der Waals surface area (Å²) in [4.78, 5) is 37.7. The molecule has 51 heavy (non-hydrogen) atoms. The van der Waals surface area contributed by atoms with Gasteiger partial charge in [0.05, 0.1) is 29.4 Å². The second-order valence-corrected chi connectivity index (χ2v) is 13.3. The fourth-order valence-corrected chi connectivity index (χ4v) is 5.47. The molecular formula is C43H49ClO7. The highest BCUT2D eigenvalue weighted by molar-refractivity contribution is 6.32. The van der Waals surface area contributed by atoms with Crippen molar-refractivity contribution in [3.8, 4) is 33.8 Å². The molecule has 4 rings (SSSR count). The number of carbonyl (C=O) groups is 3. The van der Waals surface area contributed by atoms with E-state index in [4.69, 9.17) is 30.5 Å². The van der Waals surface area contributed by atoms with E-state index in [1.165, 1.54) is 45.4 Å². The van der Waals surface area contributed by atoms with Crippen molar-refractivity contribution < 1.29 is 33.3 Å². The normalized spacial score (nSPS) is 12.1. The Labute approximate surface area is 307 Å². The SMILES string of the molecule is CCCCCCCCCOc1ccc(-c2ccc(C(=O)Oc3ccc(-c4ccc(C(=O)OC(C)C(=O)OCC(C)CC)cc4)cc3Cl)cc2)cc1. The summed E-state index contributed by atoms with van der Waals surface area (Å²) in [6, 6.07) is 27.0. The highest BCUT2D eigenvalue weighted by Crippen LogP contribution is 2.32. The number of carbonyl (C=O) groups excluding carboxylic acids is 3. The lowest BCUT2D eigenvalue weighted by atomic mass is 10.0. The van der Waals surface area contributed by atoms with Crippen molar-refractivity contribution in [3.63, 3.8) is 0 Å². The van der Waals surface area contributed by atoms with Crippen LogP contribution in [0.4, 0.5) is 0 Å². The van der Waals surface area contributed by atoms with Gasteiger partial charge >= 0.3 is 17.9 Å². The Hall–Kier alpha value is -4.62. The first-order valence-corrected chi connectivity index (χ1v) is 18.4. The van der Waals surface area contributed by atoms with Gasteiger partial charge in [-0.1, -0.05) is 120 Å². The van der Waals surface area contributed by atoms with E-state index in [0.717, 1.165) is 47.5 Å². The van der Waals surface area contributed by atoms with E-state index in [1.54, 1.807) is 54.6 Å². The van der Waals surface area contributed by atoms with Gasteiger partial charge < -0.3 is 18.9 Å². The zero-order valence-electron chi connectivity index (χ0n) is 30.1. The van der Waals surface area contributed by atoms with Gasteiger partial charge in [-0.3, -0.25) is 0 Å². The zero-order chi connectivity index (χ0) is 36.6. The van der Waals surface area contributed by atoms with Gasteiger partial charge in [0.15, 0.2) is 6.10 Å². The van der Waals surface area contributed by atoms with Crippen molar-refractivity contribution in [1.82, 2.24) is 0 Å². The molecule has 4 aromatic rings. The first kappa shape index (κ1) is 39.2. The minimum atomic E-state index is -1.02. The van der Waals surface area contributed by atoms with Gasteiger partial charge in [0, 0.05) is 0 Å². The third-order valence-corrected chi connectivity index (χ3v) is 9.03. The fourth-order valence-electron chi connectivity index (χ4n) is 5.25. The van der Waals surface area contributed by atoms with Gasteiger partial charge in [-0.15, -0.1) is 0 Å². The summed E-state index contributed by atoms with van der Waals surface area (Å²) in [6.07, 6.45) is 8.62. The number of ether oxygens (including phenoxy) is 4. The van der Waals surface area contributed by atoms with Gasteiger partial charge in [-0.05, 0) is 90.0 Å². The molecule has 270 valence electrons. The Morgan fingerprint density at radius 1 is 0.647 bits per heavy atom. The van der Waals surface area contributed by atoms with Crippen LogP contribution in [0.3, 0.4) is 0 Å². The van der Waals surface area contributed by atoms with Crippen LogP contribution < -0.4 is 9.47 Å². The number of rotatable bonds is 19. The van der Waals surface area contributed by atoms with E-state index in [-0.39, 0.29) is 23.3 Å². The van der Waals surface area contributed by atoms with Crippen LogP contribution in [0.15, 0.2) is 91.0 Å². The van der Waals surface area contributed by atoms with E-state index in [1.807, 2.05) is 50.2 Å². The molecule has 4 aromatic carbocycles. The molecular weight excluding hydrogens is 664 g/mol. The number of esters is 3. The second-order valence-electron chi connectivity index (χ2n) is 12.9. The average molecular weight is 713 g/mol. The lowest BCUT2D eigenvalue weighted by Crippen LogP contribution is -2.27. The van der Waals surface area contributed by atoms with Crippen molar-refractivity contribution >= 4 is 29.5 Å². The molecule has 7 nitrogen and oxygen atoms in total. The van der Waals surface area contributed by atoms with Crippen LogP contribution >= 0.6 is 11.6 Å². The van der Waals surface area contributed by atoms with Crippen LogP contribution in [0.1, 0.15) is 99.8 Å². The largest absolute Gasteiger partial charge is 0.494 e. The molecule has 0 heterocycles. The number of halogens is 1. The van der Waals surface area contributed by atoms with Crippen molar-refractivity contribution in [2.75, 3.05) is 13.2 Å². The topological polar surface area (TPSA) is 88.1 Å². The number of benzene rings is 4. The van der Waals surface area contributed by atoms with Crippen LogP contribution in [-0.4, -0.2) is 37.2 Å². The fraction of sp³-hybridized carbons (Fsp3) is 0.372. The molecule has 8 heteroatoms. The predicted octanol–water partition coefficient (Wildman–Crippen LogP) is 11.2. The molecule has 0 aromatic heterocycles. The summed E-state index contributed by atoms with van der Waals surface area (Å²) in [5.41, 5.74) is 4.24. The predicted molar refractivity (Wildman–Crippen MR) is 203 cm³/mol. The Bertz CT molecular complexity index is 1700. The summed E-state index contributed by atoms with van der Waals surface area (Å²) in [5, 5.41) is 0.264. The molecule has 2 atom stereocenters. The van der Waals surface area contributed by atoms with E-state index in [0.29, 0.717) is 11.1 Å². The van der Waals surface area contributed by atoms with E-state index >= 15 is 0 Å². The van der Waals surface area contributed by atoms with Gasteiger partial charge in [0.1, 0.15) is 11.5 Å². The Kier molecular flexibility index (Phi) is 15.6. The quantitative estimate of drug-likeness (QED) is 0.0543. The lowest BCUT2D eigenvalue weighted by Gasteiger charge is -2.15. The molecule has 0 radical (unpaired) electrons. The van der Waals surface area contributed by atoms with Crippen molar-refractivity contribution in [2.24, 2.45) is 5.92 Å². The van der Waals surface area contributed by atoms with Gasteiger partial charge in [-0.2, -0.15) is 0 Å². The maximum absolute atomic E-state index is 13.0. The maximum atomic E-state index is 13.0. The van der Waals surface area contributed by atoms with E-state index in [2.05, 4.69) is 6.92 Å². The molecule has 0 saturated carbocycles. The minimum absolute atomic E-state index is 0.232. The molecule has 2 unspecified atom stereocenters. The van der Waals surface area contributed by atoms with Gasteiger partial charge in [0.25, 0.3) is 0 Å². The highest BCUT2D eigenvalue weighted by atomic mass is 35.5. The van der Waals surface area contributed by atoms with Gasteiger partial charge in [0.2, 0.25) is 0 Å². The van der Waals surface area contributed by atoms with Crippen LogP contribution in [0.5, 0.6) is 11.5 Å². The lowest BCUT2D eigenvalue weighted by molar-refractivity contribution is -0.154. The average Bonchev–Trinajstić information content (AvgIpc) is 3.15. The number of hydrogen-bond acceptors (Lipinski definition) is 7. The number of hydrogen-bond donors (Lipinski definition) is 0. The molecule has 0 fully saturated rings. The van der Waals surface area contributed by atoms with Crippen molar-refractivity contribution in [1.29, 1.82) is 0 Å². The Morgan fingerprint density at radius 2 is 1.18 bits per heavy atom. The zero-order valence-corrected chi connectivity index (χ0v) is 30.9. The summed E-state index contributed by atoms with van der Waals surface area (Å²) in [7, 11) is 0.